The molecule has 0 fully saturated rings. The van der Waals surface area contributed by atoms with Crippen LogP contribution in [-0.2, 0) is 23.8 Å². The Balaban J connectivity index is 4.11. The first kappa shape index (κ1) is 53.6. The summed E-state index contributed by atoms with van der Waals surface area (Å²) < 4.78 is 17.2. The van der Waals surface area contributed by atoms with Crippen molar-refractivity contribution in [1.29, 1.82) is 0 Å². The second kappa shape index (κ2) is 47.0. The summed E-state index contributed by atoms with van der Waals surface area (Å²) in [6, 6.07) is 0. The molecule has 0 rings (SSSR count). The Morgan fingerprint density at radius 3 is 1.32 bits per heavy atom. The summed E-state index contributed by atoms with van der Waals surface area (Å²) >= 11 is 0. The van der Waals surface area contributed by atoms with Gasteiger partial charge in [-0.1, -0.05) is 191 Å². The molecule has 0 aromatic heterocycles. The maximum absolute atomic E-state index is 12.7. The van der Waals surface area contributed by atoms with Crippen molar-refractivity contribution in [2.75, 3.05) is 19.8 Å². The highest BCUT2D eigenvalue weighted by atomic mass is 16.6. The van der Waals surface area contributed by atoms with Gasteiger partial charge in [0, 0.05) is 19.4 Å². The van der Waals surface area contributed by atoms with E-state index < -0.39 is 6.10 Å². The molecule has 0 aliphatic rings. The van der Waals surface area contributed by atoms with Crippen LogP contribution in [0.5, 0.6) is 0 Å². The number of carbonyl (C=O) groups is 2. The van der Waals surface area contributed by atoms with Crippen LogP contribution < -0.4 is 0 Å². The summed E-state index contributed by atoms with van der Waals surface area (Å²) in [5, 5.41) is 0. The van der Waals surface area contributed by atoms with Crippen molar-refractivity contribution in [3.05, 3.63) is 60.8 Å². The zero-order valence-electron chi connectivity index (χ0n) is 37.1. The van der Waals surface area contributed by atoms with Crippen LogP contribution in [-0.4, -0.2) is 37.9 Å². The summed E-state index contributed by atoms with van der Waals surface area (Å²) in [6.45, 7) is 7.64. The van der Waals surface area contributed by atoms with Gasteiger partial charge in [-0.2, -0.15) is 0 Å². The van der Waals surface area contributed by atoms with Crippen LogP contribution in [0, 0.1) is 0 Å². The standard InChI is InChI=1S/C51H90O5/c1-4-7-10-13-16-18-20-22-24-25-26-27-29-30-32-34-36-38-41-44-50(52)55-48-49(47-54-46-43-40-15-12-9-6-3)56-51(53)45-42-39-37-35-33-31-28-23-21-19-17-14-11-8-5-2/h8,11,16-19,22-24,28,49H,4-7,9-10,12-15,20-21,25-27,29-48H2,1-3H3/b11-8-,18-16-,19-17-,24-22-,28-23-. The van der Waals surface area contributed by atoms with Crippen molar-refractivity contribution < 1.29 is 23.8 Å². The topological polar surface area (TPSA) is 61.8 Å². The molecule has 0 heterocycles. The number of unbranched alkanes of at least 4 members (excludes halogenated alkanes) is 22. The highest BCUT2D eigenvalue weighted by Gasteiger charge is 2.17. The van der Waals surface area contributed by atoms with Crippen molar-refractivity contribution in [2.24, 2.45) is 0 Å². The van der Waals surface area contributed by atoms with Crippen LogP contribution in [0.25, 0.3) is 0 Å². The Morgan fingerprint density at radius 1 is 0.411 bits per heavy atom. The van der Waals surface area contributed by atoms with Crippen molar-refractivity contribution >= 4 is 11.9 Å². The lowest BCUT2D eigenvalue weighted by Gasteiger charge is -2.18. The minimum Gasteiger partial charge on any atom is -0.462 e. The maximum atomic E-state index is 12.7. The normalized spacial score (nSPS) is 12.7. The van der Waals surface area contributed by atoms with Crippen molar-refractivity contribution in [3.63, 3.8) is 0 Å². The lowest BCUT2D eigenvalue weighted by atomic mass is 10.1. The maximum Gasteiger partial charge on any atom is 0.306 e. The van der Waals surface area contributed by atoms with Gasteiger partial charge in [-0.05, 0) is 83.5 Å². The van der Waals surface area contributed by atoms with Gasteiger partial charge in [0.25, 0.3) is 0 Å². The molecule has 5 nitrogen and oxygen atoms in total. The van der Waals surface area contributed by atoms with Gasteiger partial charge in [-0.25, -0.2) is 0 Å². The third-order valence-electron chi connectivity index (χ3n) is 10.0. The first-order valence-corrected chi connectivity index (χ1v) is 23.8. The number of rotatable bonds is 43. The SMILES string of the molecule is CC/C=C\C/C=C\C/C=C\CCCCCCCC(=O)OC(COCCCCCCCC)COC(=O)CCCCCCCCCCC/C=C\C/C=C\CCCCC. The molecule has 1 unspecified atom stereocenters. The predicted octanol–water partition coefficient (Wildman–Crippen LogP) is 15.8. The number of hydrogen-bond acceptors (Lipinski definition) is 5. The second-order valence-electron chi connectivity index (χ2n) is 15.6. The molecule has 0 saturated carbocycles. The van der Waals surface area contributed by atoms with E-state index in [2.05, 4.69) is 81.5 Å². The largest absolute Gasteiger partial charge is 0.462 e. The van der Waals surface area contributed by atoms with Gasteiger partial charge in [-0.3, -0.25) is 9.59 Å². The van der Waals surface area contributed by atoms with E-state index >= 15 is 0 Å². The van der Waals surface area contributed by atoms with Gasteiger partial charge in [0.15, 0.2) is 6.10 Å². The molecule has 0 aliphatic heterocycles. The van der Waals surface area contributed by atoms with Gasteiger partial charge in [0.2, 0.25) is 0 Å². The molecule has 0 bridgehead atoms. The van der Waals surface area contributed by atoms with Crippen LogP contribution in [0.1, 0.15) is 226 Å². The Kier molecular flexibility index (Phi) is 45.0. The smallest absolute Gasteiger partial charge is 0.306 e. The molecule has 1 atom stereocenters. The summed E-state index contributed by atoms with van der Waals surface area (Å²) in [5.74, 6) is -0.422. The quantitative estimate of drug-likeness (QED) is 0.0350. The summed E-state index contributed by atoms with van der Waals surface area (Å²) in [6.07, 6.45) is 58.0. The van der Waals surface area contributed by atoms with Crippen LogP contribution >= 0.6 is 0 Å². The third-order valence-corrected chi connectivity index (χ3v) is 10.0. The molecule has 0 spiro atoms. The van der Waals surface area contributed by atoms with Crippen molar-refractivity contribution in [2.45, 2.75) is 232 Å². The van der Waals surface area contributed by atoms with Crippen LogP contribution in [0.4, 0.5) is 0 Å². The van der Waals surface area contributed by atoms with Crippen molar-refractivity contribution in [3.8, 4) is 0 Å². The van der Waals surface area contributed by atoms with Gasteiger partial charge in [0.1, 0.15) is 6.61 Å². The molecular formula is C51H90O5. The fourth-order valence-electron chi connectivity index (χ4n) is 6.49. The molecule has 0 aromatic rings. The molecular weight excluding hydrogens is 693 g/mol. The van der Waals surface area contributed by atoms with Crippen LogP contribution in [0.3, 0.4) is 0 Å². The predicted molar refractivity (Wildman–Crippen MR) is 242 cm³/mol. The van der Waals surface area contributed by atoms with Gasteiger partial charge in [0.05, 0.1) is 6.61 Å². The first-order chi connectivity index (χ1) is 27.6. The Labute approximate surface area is 347 Å². The average molecular weight is 783 g/mol. The summed E-state index contributed by atoms with van der Waals surface area (Å²) in [4.78, 5) is 25.2. The summed E-state index contributed by atoms with van der Waals surface area (Å²) in [5.41, 5.74) is 0. The zero-order valence-corrected chi connectivity index (χ0v) is 37.1. The molecule has 0 aliphatic carbocycles. The zero-order chi connectivity index (χ0) is 40.7. The Morgan fingerprint density at radius 2 is 0.804 bits per heavy atom. The minimum absolute atomic E-state index is 0.0756. The number of hydrogen-bond donors (Lipinski definition) is 0. The Hall–Kier alpha value is -2.40. The van der Waals surface area contributed by atoms with E-state index in [1.165, 1.54) is 116 Å². The van der Waals surface area contributed by atoms with Gasteiger partial charge >= 0.3 is 11.9 Å². The number of esters is 2. The first-order valence-electron chi connectivity index (χ1n) is 23.8. The van der Waals surface area contributed by atoms with E-state index in [4.69, 9.17) is 14.2 Å². The van der Waals surface area contributed by atoms with Crippen LogP contribution in [0.2, 0.25) is 0 Å². The van der Waals surface area contributed by atoms with Crippen molar-refractivity contribution in [1.82, 2.24) is 0 Å². The fraction of sp³-hybridized carbons (Fsp3) is 0.765. The minimum atomic E-state index is -0.542. The molecule has 5 heteroatoms. The van der Waals surface area contributed by atoms with Crippen LogP contribution in [0.15, 0.2) is 60.8 Å². The third kappa shape index (κ3) is 44.3. The average Bonchev–Trinajstić information content (AvgIpc) is 3.20. The molecule has 0 N–H and O–H groups in total. The van der Waals surface area contributed by atoms with Gasteiger partial charge in [-0.15, -0.1) is 0 Å². The number of carbonyl (C=O) groups excluding carboxylic acids is 2. The van der Waals surface area contributed by atoms with E-state index in [9.17, 15) is 9.59 Å². The van der Waals surface area contributed by atoms with E-state index in [0.717, 1.165) is 77.0 Å². The van der Waals surface area contributed by atoms with E-state index in [1.54, 1.807) is 0 Å². The molecule has 0 radical (unpaired) electrons. The van der Waals surface area contributed by atoms with E-state index in [1.807, 2.05) is 0 Å². The highest BCUT2D eigenvalue weighted by Crippen LogP contribution is 2.14. The molecule has 324 valence electrons. The number of allylic oxidation sites excluding steroid dienone is 10. The molecule has 0 aromatic carbocycles. The molecule has 56 heavy (non-hydrogen) atoms. The lowest BCUT2D eigenvalue weighted by molar-refractivity contribution is -0.163. The molecule has 0 saturated heterocycles. The second-order valence-corrected chi connectivity index (χ2v) is 15.6. The monoisotopic (exact) mass is 783 g/mol. The number of ether oxygens (including phenoxy) is 3. The Bertz CT molecular complexity index is 977. The van der Waals surface area contributed by atoms with Gasteiger partial charge < -0.3 is 14.2 Å². The molecule has 0 amide bonds. The lowest BCUT2D eigenvalue weighted by Crippen LogP contribution is -2.30. The summed E-state index contributed by atoms with van der Waals surface area (Å²) in [7, 11) is 0. The van der Waals surface area contributed by atoms with E-state index in [-0.39, 0.29) is 25.2 Å². The highest BCUT2D eigenvalue weighted by molar-refractivity contribution is 5.70. The van der Waals surface area contributed by atoms with E-state index in [0.29, 0.717) is 19.4 Å². The fourth-order valence-corrected chi connectivity index (χ4v) is 6.49.